The van der Waals surface area contributed by atoms with E-state index < -0.39 is 0 Å². The van der Waals surface area contributed by atoms with Crippen molar-refractivity contribution in [1.29, 1.82) is 0 Å². The summed E-state index contributed by atoms with van der Waals surface area (Å²) in [5, 5.41) is 0. The molecular weight excluding hydrogens is 131 g/mol. The van der Waals surface area contributed by atoms with Gasteiger partial charge in [-0.3, -0.25) is 4.79 Å². The minimum Gasteiger partial charge on any atom is -0.290 e. The molecule has 1 atom stereocenters. The van der Waals surface area contributed by atoms with Gasteiger partial charge in [0, 0.05) is 0 Å². The SMILES string of the molecule is C=CCC/C=C/C(=O)P. The zero-order valence-corrected chi connectivity index (χ0v) is 6.49. The molecule has 0 heterocycles. The molecule has 0 saturated heterocycles. The first-order chi connectivity index (χ1) is 4.27. The molecule has 0 bridgehead atoms. The molecule has 0 aliphatic carbocycles. The minimum atomic E-state index is 0.0269. The van der Waals surface area contributed by atoms with Gasteiger partial charge in [0.1, 0.15) is 0 Å². The van der Waals surface area contributed by atoms with Crippen molar-refractivity contribution in [3.63, 3.8) is 0 Å². The van der Waals surface area contributed by atoms with E-state index in [1.807, 2.05) is 12.2 Å². The number of carbonyl (C=O) groups is 1. The van der Waals surface area contributed by atoms with Crippen LogP contribution in [-0.2, 0) is 4.79 Å². The third-order valence-corrected chi connectivity index (χ3v) is 1.01. The number of rotatable bonds is 4. The molecule has 0 rings (SSSR count). The molecule has 0 spiro atoms. The zero-order chi connectivity index (χ0) is 7.11. The van der Waals surface area contributed by atoms with Crippen molar-refractivity contribution in [2.75, 3.05) is 0 Å². The lowest BCUT2D eigenvalue weighted by Gasteiger charge is -1.81. The molecule has 9 heavy (non-hydrogen) atoms. The van der Waals surface area contributed by atoms with Crippen LogP contribution in [0.5, 0.6) is 0 Å². The van der Waals surface area contributed by atoms with Gasteiger partial charge in [-0.2, -0.15) is 0 Å². The van der Waals surface area contributed by atoms with Gasteiger partial charge in [0.15, 0.2) is 5.52 Å². The van der Waals surface area contributed by atoms with Crippen LogP contribution < -0.4 is 0 Å². The first-order valence-corrected chi connectivity index (χ1v) is 3.42. The average molecular weight is 142 g/mol. The van der Waals surface area contributed by atoms with Crippen LogP contribution in [0.2, 0.25) is 0 Å². The van der Waals surface area contributed by atoms with E-state index in [-0.39, 0.29) is 5.52 Å². The maximum atomic E-state index is 10.3. The Morgan fingerprint density at radius 2 is 2.22 bits per heavy atom. The maximum absolute atomic E-state index is 10.3. The number of allylic oxidation sites excluding steroid dienone is 3. The fraction of sp³-hybridized carbons (Fsp3) is 0.286. The van der Waals surface area contributed by atoms with Crippen LogP contribution >= 0.6 is 9.24 Å². The molecule has 1 unspecified atom stereocenters. The molecule has 1 nitrogen and oxygen atoms in total. The topological polar surface area (TPSA) is 17.1 Å². The summed E-state index contributed by atoms with van der Waals surface area (Å²) in [7, 11) is 2.09. The summed E-state index contributed by atoms with van der Waals surface area (Å²) in [6, 6.07) is 0. The largest absolute Gasteiger partial charge is 0.290 e. The van der Waals surface area contributed by atoms with Crippen LogP contribution in [0.4, 0.5) is 0 Å². The normalized spacial score (nSPS) is 9.89. The molecule has 0 aliphatic heterocycles. The van der Waals surface area contributed by atoms with Crippen LogP contribution in [-0.4, -0.2) is 5.52 Å². The van der Waals surface area contributed by atoms with Gasteiger partial charge >= 0.3 is 0 Å². The molecule has 50 valence electrons. The van der Waals surface area contributed by atoms with Crippen molar-refractivity contribution in [1.82, 2.24) is 0 Å². The van der Waals surface area contributed by atoms with Crippen molar-refractivity contribution in [3.8, 4) is 0 Å². The van der Waals surface area contributed by atoms with Gasteiger partial charge in [0.05, 0.1) is 0 Å². The summed E-state index contributed by atoms with van der Waals surface area (Å²) in [6.45, 7) is 3.55. The second-order valence-corrected chi connectivity index (χ2v) is 2.24. The molecule has 0 aromatic rings. The van der Waals surface area contributed by atoms with Crippen LogP contribution in [0.25, 0.3) is 0 Å². The van der Waals surface area contributed by atoms with Gasteiger partial charge in [-0.15, -0.1) is 6.58 Å². The van der Waals surface area contributed by atoms with Crippen LogP contribution in [0.15, 0.2) is 24.8 Å². The van der Waals surface area contributed by atoms with E-state index in [0.29, 0.717) is 0 Å². The van der Waals surface area contributed by atoms with Crippen molar-refractivity contribution < 1.29 is 4.79 Å². The Balaban J connectivity index is 3.24. The highest BCUT2D eigenvalue weighted by Gasteiger charge is 1.79. The zero-order valence-electron chi connectivity index (χ0n) is 5.34. The van der Waals surface area contributed by atoms with E-state index >= 15 is 0 Å². The fourth-order valence-electron chi connectivity index (χ4n) is 0.414. The number of hydrogen-bond donors (Lipinski definition) is 0. The first-order valence-electron chi connectivity index (χ1n) is 2.84. The third-order valence-electron chi connectivity index (χ3n) is 0.820. The van der Waals surface area contributed by atoms with Gasteiger partial charge in [0.2, 0.25) is 0 Å². The average Bonchev–Trinajstić information content (AvgIpc) is 1.80. The van der Waals surface area contributed by atoms with E-state index in [1.165, 1.54) is 0 Å². The van der Waals surface area contributed by atoms with Gasteiger partial charge in [0.25, 0.3) is 0 Å². The van der Waals surface area contributed by atoms with E-state index in [2.05, 4.69) is 15.8 Å². The smallest absolute Gasteiger partial charge is 0.170 e. The summed E-state index contributed by atoms with van der Waals surface area (Å²) in [5.41, 5.74) is 0.0269. The highest BCUT2D eigenvalue weighted by atomic mass is 31.0. The first kappa shape index (κ1) is 8.58. The van der Waals surface area contributed by atoms with Gasteiger partial charge in [-0.25, -0.2) is 0 Å². The number of unbranched alkanes of at least 4 members (excludes halogenated alkanes) is 1. The Bertz CT molecular complexity index is 127. The molecule has 0 radical (unpaired) electrons. The van der Waals surface area contributed by atoms with E-state index in [0.717, 1.165) is 12.8 Å². The highest BCUT2D eigenvalue weighted by Crippen LogP contribution is 1.93. The molecule has 0 aromatic heterocycles. The lowest BCUT2D eigenvalue weighted by molar-refractivity contribution is -0.107. The van der Waals surface area contributed by atoms with Gasteiger partial charge in [-0.05, 0) is 18.9 Å². The Labute approximate surface area is 58.0 Å². The van der Waals surface area contributed by atoms with Crippen LogP contribution in [0.3, 0.4) is 0 Å². The monoisotopic (exact) mass is 142 g/mol. The van der Waals surface area contributed by atoms with Crippen molar-refractivity contribution >= 4 is 14.8 Å². The predicted molar refractivity (Wildman–Crippen MR) is 43.3 cm³/mol. The molecule has 0 fully saturated rings. The summed E-state index contributed by atoms with van der Waals surface area (Å²) >= 11 is 0. The second kappa shape index (κ2) is 5.71. The summed E-state index contributed by atoms with van der Waals surface area (Å²) < 4.78 is 0. The lowest BCUT2D eigenvalue weighted by atomic mass is 10.3. The van der Waals surface area contributed by atoms with Crippen LogP contribution in [0, 0.1) is 0 Å². The Hall–Kier alpha value is -0.420. The second-order valence-electron chi connectivity index (χ2n) is 1.67. The van der Waals surface area contributed by atoms with E-state index in [1.54, 1.807) is 6.08 Å². The summed E-state index contributed by atoms with van der Waals surface area (Å²) in [6.07, 6.45) is 7.07. The molecule has 0 aromatic carbocycles. The van der Waals surface area contributed by atoms with Gasteiger partial charge in [-0.1, -0.05) is 21.4 Å². The molecule has 0 amide bonds. The highest BCUT2D eigenvalue weighted by molar-refractivity contribution is 7.40. The third kappa shape index (κ3) is 7.58. The molecular formula is C7H11OP. The summed E-state index contributed by atoms with van der Waals surface area (Å²) in [5.74, 6) is 0. The van der Waals surface area contributed by atoms with Crippen molar-refractivity contribution in [2.45, 2.75) is 12.8 Å². The van der Waals surface area contributed by atoms with Gasteiger partial charge < -0.3 is 0 Å². The van der Waals surface area contributed by atoms with Crippen molar-refractivity contribution in [2.24, 2.45) is 0 Å². The van der Waals surface area contributed by atoms with Crippen LogP contribution in [0.1, 0.15) is 12.8 Å². The fourth-order valence-corrected chi connectivity index (χ4v) is 0.550. The Kier molecular flexibility index (Phi) is 5.45. The molecule has 0 N–H and O–H groups in total. The Morgan fingerprint density at radius 3 is 2.67 bits per heavy atom. The minimum absolute atomic E-state index is 0.0269. The Morgan fingerprint density at radius 1 is 1.56 bits per heavy atom. The maximum Gasteiger partial charge on any atom is 0.170 e. The number of hydrogen-bond acceptors (Lipinski definition) is 1. The number of carbonyl (C=O) groups excluding carboxylic acids is 1. The van der Waals surface area contributed by atoms with E-state index in [4.69, 9.17) is 0 Å². The standard InChI is InChI=1S/C7H11OP/c1-2-3-4-5-6-7(8)9/h2,5-6H,1,3-4,9H2/b6-5+. The lowest BCUT2D eigenvalue weighted by Crippen LogP contribution is -1.72. The molecule has 0 saturated carbocycles. The summed E-state index contributed by atoms with van der Waals surface area (Å²) in [4.78, 5) is 10.3. The van der Waals surface area contributed by atoms with Crippen molar-refractivity contribution in [3.05, 3.63) is 24.8 Å². The quantitative estimate of drug-likeness (QED) is 0.253. The predicted octanol–water partition coefficient (Wildman–Crippen LogP) is 1.91. The van der Waals surface area contributed by atoms with E-state index in [9.17, 15) is 4.79 Å². The molecule has 0 aliphatic rings. The molecule has 2 heteroatoms.